The van der Waals surface area contributed by atoms with Crippen molar-refractivity contribution < 1.29 is 14.0 Å². The number of amides is 2. The maximum Gasteiger partial charge on any atom is 0.261 e. The van der Waals surface area contributed by atoms with Crippen molar-refractivity contribution in [1.82, 2.24) is 14.5 Å². The lowest BCUT2D eigenvalue weighted by Gasteiger charge is -2.23. The molecule has 3 aromatic rings. The summed E-state index contributed by atoms with van der Waals surface area (Å²) >= 11 is 0. The Bertz CT molecular complexity index is 1210. The third-order valence-electron chi connectivity index (χ3n) is 5.46. The second-order valence-electron chi connectivity index (χ2n) is 7.58. The van der Waals surface area contributed by atoms with Crippen LogP contribution in [0.1, 0.15) is 18.4 Å². The normalized spacial score (nSPS) is 16.5. The summed E-state index contributed by atoms with van der Waals surface area (Å²) in [5.74, 6) is -1.31. The monoisotopic (exact) mass is 423 g/mol. The van der Waals surface area contributed by atoms with Gasteiger partial charge in [0.05, 0.1) is 23.3 Å². The standard InChI is InChI=1S/C22H22FN5O3/c23-15-7-8-18-16(10-15)22(31)28(13-25-18)12-20(29)26-17-5-2-1-4-14(17)11-27-9-3-6-19(27)21(24)30/h1-2,4-5,7-8,10,13,19H,3,6,9,11-12H2,(H2,24,30)(H,26,29). The molecule has 9 heteroatoms. The molecule has 2 amide bonds. The van der Waals surface area contributed by atoms with Gasteiger partial charge in [-0.2, -0.15) is 0 Å². The van der Waals surface area contributed by atoms with Crippen LogP contribution in [0.3, 0.4) is 0 Å². The van der Waals surface area contributed by atoms with E-state index < -0.39 is 17.3 Å². The van der Waals surface area contributed by atoms with E-state index in [9.17, 15) is 18.8 Å². The lowest BCUT2D eigenvalue weighted by molar-refractivity contribution is -0.122. The van der Waals surface area contributed by atoms with Crippen LogP contribution in [0, 0.1) is 5.82 Å². The Kier molecular flexibility index (Phi) is 5.77. The van der Waals surface area contributed by atoms with Crippen LogP contribution in [-0.2, 0) is 22.7 Å². The van der Waals surface area contributed by atoms with Crippen LogP contribution >= 0.6 is 0 Å². The zero-order valence-corrected chi connectivity index (χ0v) is 16.8. The average molecular weight is 423 g/mol. The number of hydrogen-bond acceptors (Lipinski definition) is 5. The molecule has 1 atom stereocenters. The number of fused-ring (bicyclic) bond motifs is 1. The molecule has 2 heterocycles. The number of benzene rings is 2. The van der Waals surface area contributed by atoms with E-state index in [2.05, 4.69) is 10.3 Å². The first-order chi connectivity index (χ1) is 14.9. The third-order valence-corrected chi connectivity index (χ3v) is 5.46. The number of nitrogens with two attached hydrogens (primary N) is 1. The minimum Gasteiger partial charge on any atom is -0.368 e. The number of carbonyl (C=O) groups is 2. The quantitative estimate of drug-likeness (QED) is 0.626. The van der Waals surface area contributed by atoms with Gasteiger partial charge in [-0.15, -0.1) is 0 Å². The Balaban J connectivity index is 1.51. The molecule has 1 aliphatic heterocycles. The van der Waals surface area contributed by atoms with Crippen LogP contribution in [0.15, 0.2) is 53.6 Å². The van der Waals surface area contributed by atoms with Crippen molar-refractivity contribution >= 4 is 28.4 Å². The van der Waals surface area contributed by atoms with E-state index >= 15 is 0 Å². The zero-order chi connectivity index (χ0) is 22.0. The lowest BCUT2D eigenvalue weighted by atomic mass is 10.1. The molecule has 1 aliphatic rings. The Labute approximate surface area is 177 Å². The van der Waals surface area contributed by atoms with Gasteiger partial charge in [-0.1, -0.05) is 18.2 Å². The fourth-order valence-electron chi connectivity index (χ4n) is 3.92. The second-order valence-corrected chi connectivity index (χ2v) is 7.58. The zero-order valence-electron chi connectivity index (χ0n) is 16.8. The van der Waals surface area contributed by atoms with Gasteiger partial charge in [-0.25, -0.2) is 9.37 Å². The molecular weight excluding hydrogens is 401 g/mol. The molecule has 1 saturated heterocycles. The summed E-state index contributed by atoms with van der Waals surface area (Å²) < 4.78 is 14.6. The fourth-order valence-corrected chi connectivity index (χ4v) is 3.92. The number of likely N-dealkylation sites (tertiary alicyclic amines) is 1. The molecule has 160 valence electrons. The van der Waals surface area contributed by atoms with E-state index in [1.165, 1.54) is 18.5 Å². The van der Waals surface area contributed by atoms with Crippen LogP contribution in [-0.4, -0.2) is 38.9 Å². The molecule has 0 radical (unpaired) electrons. The number of carbonyl (C=O) groups excluding carboxylic acids is 2. The van der Waals surface area contributed by atoms with E-state index in [0.29, 0.717) is 17.7 Å². The molecule has 0 bridgehead atoms. The maximum atomic E-state index is 13.5. The highest BCUT2D eigenvalue weighted by atomic mass is 19.1. The van der Waals surface area contributed by atoms with Crippen LogP contribution in [0.4, 0.5) is 10.1 Å². The highest BCUT2D eigenvalue weighted by molar-refractivity contribution is 5.91. The topological polar surface area (TPSA) is 110 Å². The minimum absolute atomic E-state index is 0.113. The van der Waals surface area contributed by atoms with E-state index in [0.717, 1.165) is 35.6 Å². The van der Waals surface area contributed by atoms with Crippen LogP contribution < -0.4 is 16.6 Å². The van der Waals surface area contributed by atoms with Crippen molar-refractivity contribution in [1.29, 1.82) is 0 Å². The molecule has 4 rings (SSSR count). The molecule has 0 spiro atoms. The summed E-state index contributed by atoms with van der Waals surface area (Å²) in [5, 5.41) is 2.93. The molecule has 1 aromatic heterocycles. The van der Waals surface area contributed by atoms with E-state index in [4.69, 9.17) is 5.73 Å². The first kappa shape index (κ1) is 20.7. The molecule has 1 unspecified atom stereocenters. The third kappa shape index (κ3) is 4.46. The Morgan fingerprint density at radius 2 is 2.03 bits per heavy atom. The van der Waals surface area contributed by atoms with Gasteiger partial charge >= 0.3 is 0 Å². The van der Waals surface area contributed by atoms with Gasteiger partial charge in [0, 0.05) is 12.2 Å². The lowest BCUT2D eigenvalue weighted by Crippen LogP contribution is -2.39. The Hall–Kier alpha value is -3.59. The van der Waals surface area contributed by atoms with Gasteiger partial charge in [-0.05, 0) is 49.2 Å². The van der Waals surface area contributed by atoms with Gasteiger partial charge in [0.15, 0.2) is 0 Å². The van der Waals surface area contributed by atoms with Crippen LogP contribution in [0.25, 0.3) is 10.9 Å². The Morgan fingerprint density at radius 3 is 2.84 bits per heavy atom. The highest BCUT2D eigenvalue weighted by Crippen LogP contribution is 2.23. The second kappa shape index (κ2) is 8.65. The van der Waals surface area contributed by atoms with Crippen molar-refractivity contribution in [3.8, 4) is 0 Å². The van der Waals surface area contributed by atoms with Crippen molar-refractivity contribution in [2.24, 2.45) is 5.73 Å². The summed E-state index contributed by atoms with van der Waals surface area (Å²) in [6, 6.07) is 10.7. The van der Waals surface area contributed by atoms with E-state index in [1.807, 2.05) is 17.0 Å². The van der Waals surface area contributed by atoms with Crippen molar-refractivity contribution in [3.63, 3.8) is 0 Å². The van der Waals surface area contributed by atoms with E-state index in [1.54, 1.807) is 12.1 Å². The summed E-state index contributed by atoms with van der Waals surface area (Å²) in [4.78, 5) is 43.0. The fraction of sp³-hybridized carbons (Fsp3) is 0.273. The number of primary amides is 1. The van der Waals surface area contributed by atoms with Crippen molar-refractivity contribution in [2.75, 3.05) is 11.9 Å². The van der Waals surface area contributed by atoms with Crippen LogP contribution in [0.2, 0.25) is 0 Å². The van der Waals surface area contributed by atoms with Gasteiger partial charge in [0.25, 0.3) is 5.56 Å². The molecule has 31 heavy (non-hydrogen) atoms. The van der Waals surface area contributed by atoms with Crippen molar-refractivity contribution in [3.05, 3.63) is 70.5 Å². The number of nitrogens with zero attached hydrogens (tertiary/aromatic N) is 3. The minimum atomic E-state index is -0.543. The predicted octanol–water partition coefficient (Wildman–Crippen LogP) is 1.62. The molecule has 8 nitrogen and oxygen atoms in total. The number of aromatic nitrogens is 2. The number of nitrogens with one attached hydrogen (secondary N) is 1. The molecular formula is C22H22FN5O3. The molecule has 3 N–H and O–H groups in total. The first-order valence-corrected chi connectivity index (χ1v) is 9.98. The summed E-state index contributed by atoms with van der Waals surface area (Å²) in [5.41, 5.74) is 6.81. The molecule has 1 fully saturated rings. The summed E-state index contributed by atoms with van der Waals surface area (Å²) in [6.45, 7) is 0.964. The number of para-hydroxylation sites is 1. The van der Waals surface area contributed by atoms with Gasteiger partial charge < -0.3 is 11.1 Å². The summed E-state index contributed by atoms with van der Waals surface area (Å²) in [7, 11) is 0. The molecule has 0 saturated carbocycles. The predicted molar refractivity (Wildman–Crippen MR) is 114 cm³/mol. The van der Waals surface area contributed by atoms with Gasteiger partial charge in [0.2, 0.25) is 11.8 Å². The first-order valence-electron chi connectivity index (χ1n) is 9.98. The SMILES string of the molecule is NC(=O)C1CCCN1Cc1ccccc1NC(=O)Cn1cnc2ccc(F)cc2c1=O. The maximum absolute atomic E-state index is 13.5. The smallest absolute Gasteiger partial charge is 0.261 e. The average Bonchev–Trinajstić information content (AvgIpc) is 3.20. The number of rotatable bonds is 6. The van der Waals surface area contributed by atoms with Gasteiger partial charge in [-0.3, -0.25) is 23.9 Å². The molecule has 0 aliphatic carbocycles. The summed E-state index contributed by atoms with van der Waals surface area (Å²) in [6.07, 6.45) is 2.89. The van der Waals surface area contributed by atoms with Gasteiger partial charge in [0.1, 0.15) is 12.4 Å². The Morgan fingerprint density at radius 1 is 1.23 bits per heavy atom. The van der Waals surface area contributed by atoms with Crippen molar-refractivity contribution in [2.45, 2.75) is 32.0 Å². The largest absolute Gasteiger partial charge is 0.368 e. The number of anilines is 1. The number of hydrogen-bond donors (Lipinski definition) is 2. The number of halogens is 1. The van der Waals surface area contributed by atoms with Crippen LogP contribution in [0.5, 0.6) is 0 Å². The highest BCUT2D eigenvalue weighted by Gasteiger charge is 2.29. The van der Waals surface area contributed by atoms with E-state index in [-0.39, 0.29) is 23.9 Å². The molecule has 2 aromatic carbocycles.